The van der Waals surface area contributed by atoms with Crippen LogP contribution in [0.5, 0.6) is 0 Å². The molecule has 1 aromatic carbocycles. The first-order valence-corrected chi connectivity index (χ1v) is 15.0. The molecule has 8 nitrogen and oxygen atoms in total. The largest absolute Gasteiger partial charge is 0.469 e. The summed E-state index contributed by atoms with van der Waals surface area (Å²) >= 11 is 12.6. The summed E-state index contributed by atoms with van der Waals surface area (Å²) in [7, 11) is 3.43. The van der Waals surface area contributed by atoms with Gasteiger partial charge in [0.25, 0.3) is 5.91 Å². The van der Waals surface area contributed by atoms with E-state index in [1.54, 1.807) is 6.20 Å². The number of pyridine rings is 1. The first-order valence-electron chi connectivity index (χ1n) is 14.2. The molecule has 3 aromatic rings. The van der Waals surface area contributed by atoms with Crippen LogP contribution in [0.4, 0.5) is 5.69 Å². The van der Waals surface area contributed by atoms with Crippen LogP contribution in [0.1, 0.15) is 66.1 Å². The lowest BCUT2D eigenvalue weighted by atomic mass is 9.80. The number of benzene rings is 1. The second-order valence-electron chi connectivity index (χ2n) is 12.0. The summed E-state index contributed by atoms with van der Waals surface area (Å²) in [6, 6.07) is 7.52. The summed E-state index contributed by atoms with van der Waals surface area (Å²) in [5.41, 5.74) is 5.29. The number of nitrogens with one attached hydrogen (secondary N) is 1. The number of imidazole rings is 1. The van der Waals surface area contributed by atoms with Crippen LogP contribution in [0.3, 0.4) is 0 Å². The van der Waals surface area contributed by atoms with Crippen molar-refractivity contribution in [2.24, 2.45) is 17.9 Å². The zero-order valence-electron chi connectivity index (χ0n) is 23.7. The maximum Gasteiger partial charge on any atom is 0.311 e. The number of aromatic nitrogens is 3. The molecule has 3 aliphatic rings. The highest BCUT2D eigenvalue weighted by molar-refractivity contribution is 6.43. The van der Waals surface area contributed by atoms with Gasteiger partial charge in [-0.1, -0.05) is 35.3 Å². The molecule has 2 aliphatic carbocycles. The summed E-state index contributed by atoms with van der Waals surface area (Å²) in [6.45, 7) is 4.58. The number of anilines is 1. The fraction of sp³-hybridized carbons (Fsp3) is 0.484. The minimum absolute atomic E-state index is 0.0220. The molecule has 1 aliphatic heterocycles. The molecule has 1 amide bonds. The minimum Gasteiger partial charge on any atom is -0.469 e. The molecular weight excluding hydrogens is 561 g/mol. The molecule has 2 fully saturated rings. The van der Waals surface area contributed by atoms with E-state index in [4.69, 9.17) is 32.9 Å². The molecular formula is C31H35Cl2N5O3. The molecule has 41 heavy (non-hydrogen) atoms. The second kappa shape index (κ2) is 10.7. The Balaban J connectivity index is 1.13. The van der Waals surface area contributed by atoms with Gasteiger partial charge in [-0.3, -0.25) is 14.5 Å². The monoisotopic (exact) mass is 595 g/mol. The average Bonchev–Trinajstić information content (AvgIpc) is 3.65. The Labute approximate surface area is 250 Å². The van der Waals surface area contributed by atoms with Crippen LogP contribution >= 0.6 is 23.2 Å². The van der Waals surface area contributed by atoms with Gasteiger partial charge in [0.2, 0.25) is 0 Å². The molecule has 1 N–H and O–H groups in total. The van der Waals surface area contributed by atoms with Crippen LogP contribution in [-0.2, 0) is 29.5 Å². The highest BCUT2D eigenvalue weighted by Crippen LogP contribution is 2.63. The third kappa shape index (κ3) is 4.94. The third-order valence-electron chi connectivity index (χ3n) is 9.81. The first kappa shape index (κ1) is 28.2. The number of carbonyl (C=O) groups excluding carboxylic acids is 2. The fourth-order valence-electron chi connectivity index (χ4n) is 7.40. The van der Waals surface area contributed by atoms with Gasteiger partial charge in [-0.25, -0.2) is 9.97 Å². The van der Waals surface area contributed by atoms with Gasteiger partial charge >= 0.3 is 5.97 Å². The maximum absolute atomic E-state index is 13.4. The van der Waals surface area contributed by atoms with Crippen LogP contribution in [0.25, 0.3) is 11.1 Å². The molecule has 6 rings (SSSR count). The highest BCUT2D eigenvalue weighted by Gasteiger charge is 2.58. The zero-order valence-corrected chi connectivity index (χ0v) is 25.2. The van der Waals surface area contributed by atoms with Gasteiger partial charge in [-0.15, -0.1) is 0 Å². The van der Waals surface area contributed by atoms with Crippen molar-refractivity contribution in [2.75, 3.05) is 25.5 Å². The van der Waals surface area contributed by atoms with Crippen molar-refractivity contribution in [1.82, 2.24) is 19.4 Å². The maximum atomic E-state index is 13.4. The van der Waals surface area contributed by atoms with Gasteiger partial charge in [0.15, 0.2) is 5.82 Å². The normalized spacial score (nSPS) is 23.4. The van der Waals surface area contributed by atoms with E-state index >= 15 is 0 Å². The summed E-state index contributed by atoms with van der Waals surface area (Å²) in [4.78, 5) is 37.2. The quantitative estimate of drug-likeness (QED) is 0.257. The SMILES string of the molecule is COC(=O)C12CCC(CCN3CCc4c(nc(C(=O)Nc5cccc(-c6ccnc(Cl)c6Cl)c5C)n4C)C3)(CC1)C2. The van der Waals surface area contributed by atoms with Crippen molar-refractivity contribution in [3.8, 4) is 11.1 Å². The Kier molecular flexibility index (Phi) is 7.37. The van der Waals surface area contributed by atoms with Crippen molar-refractivity contribution in [3.05, 3.63) is 63.4 Å². The van der Waals surface area contributed by atoms with Gasteiger partial charge in [0.05, 0.1) is 23.2 Å². The van der Waals surface area contributed by atoms with Crippen LogP contribution < -0.4 is 5.32 Å². The molecule has 216 valence electrons. The molecule has 0 saturated heterocycles. The number of esters is 1. The third-order valence-corrected chi connectivity index (χ3v) is 10.6. The van der Waals surface area contributed by atoms with E-state index in [0.29, 0.717) is 16.5 Å². The predicted octanol–water partition coefficient (Wildman–Crippen LogP) is 6.22. The molecule has 2 aromatic heterocycles. The number of halogens is 2. The lowest BCUT2D eigenvalue weighted by Crippen LogP contribution is -2.34. The van der Waals surface area contributed by atoms with Crippen LogP contribution in [0.2, 0.25) is 10.2 Å². The van der Waals surface area contributed by atoms with Gasteiger partial charge in [0, 0.05) is 49.7 Å². The number of rotatable bonds is 7. The van der Waals surface area contributed by atoms with E-state index < -0.39 is 0 Å². The predicted molar refractivity (Wildman–Crippen MR) is 159 cm³/mol. The Hall–Kier alpha value is -2.94. The summed E-state index contributed by atoms with van der Waals surface area (Å²) in [5, 5.41) is 3.69. The number of ether oxygens (including phenoxy) is 1. The number of methoxy groups -OCH3 is 1. The van der Waals surface area contributed by atoms with E-state index in [1.165, 1.54) is 7.11 Å². The van der Waals surface area contributed by atoms with Crippen molar-refractivity contribution in [1.29, 1.82) is 0 Å². The van der Waals surface area contributed by atoms with Crippen LogP contribution in [0, 0.1) is 17.8 Å². The van der Waals surface area contributed by atoms with Gasteiger partial charge in [-0.2, -0.15) is 0 Å². The molecule has 10 heteroatoms. The van der Waals surface area contributed by atoms with E-state index in [1.807, 2.05) is 42.8 Å². The highest BCUT2D eigenvalue weighted by atomic mass is 35.5. The molecule has 0 radical (unpaired) electrons. The smallest absolute Gasteiger partial charge is 0.311 e. The molecule has 2 saturated carbocycles. The summed E-state index contributed by atoms with van der Waals surface area (Å²) < 4.78 is 7.07. The van der Waals surface area contributed by atoms with E-state index in [9.17, 15) is 9.59 Å². The Morgan fingerprint density at radius 2 is 1.90 bits per heavy atom. The lowest BCUT2D eigenvalue weighted by Gasteiger charge is -2.32. The Bertz CT molecular complexity index is 1530. The van der Waals surface area contributed by atoms with E-state index in [0.717, 1.165) is 92.7 Å². The minimum atomic E-state index is -0.248. The molecule has 3 heterocycles. The molecule has 0 atom stereocenters. The van der Waals surface area contributed by atoms with Gasteiger partial charge < -0.3 is 14.6 Å². The van der Waals surface area contributed by atoms with Crippen molar-refractivity contribution in [2.45, 2.75) is 58.4 Å². The topological polar surface area (TPSA) is 89.3 Å². The van der Waals surface area contributed by atoms with Crippen LogP contribution in [0.15, 0.2) is 30.5 Å². The number of fused-ring (bicyclic) bond motifs is 3. The molecule has 0 spiro atoms. The first-order chi connectivity index (χ1) is 19.7. The van der Waals surface area contributed by atoms with Crippen molar-refractivity contribution in [3.63, 3.8) is 0 Å². The number of nitrogens with zero attached hydrogens (tertiary/aromatic N) is 4. The number of hydrogen-bond donors (Lipinski definition) is 1. The standard InChI is InChI=1S/C31H35Cl2N5O3/c1-19-20(21-7-14-34-26(33)25(21)32)5-4-6-22(19)36-28(39)27-35-23-17-38(15-8-24(23)37(27)2)16-13-30-9-11-31(18-30,12-10-30)29(40)41-3/h4-7,14H,8-13,15-18H2,1-3H3,(H,36,39). The Morgan fingerprint density at radius 3 is 2.66 bits per heavy atom. The van der Waals surface area contributed by atoms with E-state index in [-0.39, 0.29) is 27.9 Å². The summed E-state index contributed by atoms with van der Waals surface area (Å²) in [5.74, 6) is 0.133. The van der Waals surface area contributed by atoms with E-state index in [2.05, 4.69) is 15.2 Å². The van der Waals surface area contributed by atoms with Crippen molar-refractivity contribution < 1.29 is 14.3 Å². The fourth-order valence-corrected chi connectivity index (χ4v) is 7.77. The van der Waals surface area contributed by atoms with Gasteiger partial charge in [-0.05, 0) is 80.7 Å². The molecule has 0 unspecified atom stereocenters. The lowest BCUT2D eigenvalue weighted by molar-refractivity contribution is -0.152. The molecule has 2 bridgehead atoms. The second-order valence-corrected chi connectivity index (χ2v) is 12.7. The number of carbonyl (C=O) groups is 2. The summed E-state index contributed by atoms with van der Waals surface area (Å²) in [6.07, 6.45) is 8.63. The number of amides is 1. The Morgan fingerprint density at radius 1 is 1.12 bits per heavy atom. The number of hydrogen-bond acceptors (Lipinski definition) is 6. The zero-order chi connectivity index (χ0) is 28.9. The van der Waals surface area contributed by atoms with Crippen molar-refractivity contribution >= 4 is 40.8 Å². The van der Waals surface area contributed by atoms with Crippen LogP contribution in [-0.4, -0.2) is 51.5 Å². The van der Waals surface area contributed by atoms with Gasteiger partial charge in [0.1, 0.15) is 5.15 Å². The average molecular weight is 597 g/mol.